The summed E-state index contributed by atoms with van der Waals surface area (Å²) in [6.45, 7) is 9.82. The van der Waals surface area contributed by atoms with Gasteiger partial charge in [-0.25, -0.2) is 0 Å². The zero-order valence-corrected chi connectivity index (χ0v) is 23.5. The highest BCUT2D eigenvalue weighted by atomic mass is 16.7. The van der Waals surface area contributed by atoms with E-state index < -0.39 is 59.6 Å². The number of carbonyl (C=O) groups is 3. The molecule has 2 aromatic carbocycles. The first-order valence-electron chi connectivity index (χ1n) is 12.9. The van der Waals surface area contributed by atoms with Gasteiger partial charge in [0, 0.05) is 27.9 Å². The Hall–Kier alpha value is -3.27. The molecule has 0 aromatic heterocycles. The first-order valence-corrected chi connectivity index (χ1v) is 12.9. The number of benzene rings is 2. The van der Waals surface area contributed by atoms with Gasteiger partial charge >= 0.3 is 17.9 Å². The summed E-state index contributed by atoms with van der Waals surface area (Å²) in [6, 6.07) is 19.7. The molecule has 0 aliphatic carbocycles. The number of carbonyl (C=O) groups excluding carboxylic acids is 3. The SMILES string of the molecule is CO[C@H]1O[C@H](COC(c2ccccc2)(c2ccccc2)C(C)(C)C)[C@H](OC(C)=O)[C@H](OC(C)=O)[C@H]1OC(C)=O. The van der Waals surface area contributed by atoms with Crippen molar-refractivity contribution in [3.63, 3.8) is 0 Å². The number of methoxy groups -OCH3 is 1. The molecule has 0 saturated carbocycles. The van der Waals surface area contributed by atoms with E-state index >= 15 is 0 Å². The van der Waals surface area contributed by atoms with Crippen molar-refractivity contribution in [2.45, 2.75) is 77.8 Å². The van der Waals surface area contributed by atoms with Gasteiger partial charge in [-0.3, -0.25) is 14.4 Å². The highest BCUT2D eigenvalue weighted by Crippen LogP contribution is 2.48. The Morgan fingerprint density at radius 3 is 1.56 bits per heavy atom. The third-order valence-electron chi connectivity index (χ3n) is 6.61. The van der Waals surface area contributed by atoms with E-state index in [-0.39, 0.29) is 6.61 Å². The summed E-state index contributed by atoms with van der Waals surface area (Å²) in [6.07, 6.45) is -5.57. The van der Waals surface area contributed by atoms with Crippen LogP contribution in [0.2, 0.25) is 0 Å². The topological polar surface area (TPSA) is 107 Å². The summed E-state index contributed by atoms with van der Waals surface area (Å²) >= 11 is 0. The van der Waals surface area contributed by atoms with E-state index in [4.69, 9.17) is 28.4 Å². The van der Waals surface area contributed by atoms with Gasteiger partial charge in [0.1, 0.15) is 11.7 Å². The second-order valence-electron chi connectivity index (χ2n) is 10.5. The van der Waals surface area contributed by atoms with Gasteiger partial charge in [0.15, 0.2) is 24.6 Å². The lowest BCUT2D eigenvalue weighted by atomic mass is 9.68. The Morgan fingerprint density at radius 1 is 0.718 bits per heavy atom. The van der Waals surface area contributed by atoms with Crippen molar-refractivity contribution in [1.82, 2.24) is 0 Å². The average Bonchev–Trinajstić information content (AvgIpc) is 2.87. The lowest BCUT2D eigenvalue weighted by Gasteiger charge is -2.48. The van der Waals surface area contributed by atoms with Crippen LogP contribution in [0.5, 0.6) is 0 Å². The molecule has 5 atom stereocenters. The number of hydrogen-bond donors (Lipinski definition) is 0. The largest absolute Gasteiger partial charge is 0.456 e. The van der Waals surface area contributed by atoms with E-state index in [0.29, 0.717) is 0 Å². The van der Waals surface area contributed by atoms with Crippen molar-refractivity contribution < 1.29 is 42.8 Å². The summed E-state index contributed by atoms with van der Waals surface area (Å²) < 4.78 is 35.1. The fraction of sp³-hybridized carbons (Fsp3) is 0.500. The number of hydrogen-bond acceptors (Lipinski definition) is 9. The second kappa shape index (κ2) is 12.7. The quantitative estimate of drug-likeness (QED) is 0.341. The van der Waals surface area contributed by atoms with Gasteiger partial charge in [0.05, 0.1) is 6.61 Å². The molecule has 1 fully saturated rings. The van der Waals surface area contributed by atoms with E-state index in [0.717, 1.165) is 11.1 Å². The van der Waals surface area contributed by atoms with Crippen LogP contribution in [0.3, 0.4) is 0 Å². The van der Waals surface area contributed by atoms with Gasteiger partial charge < -0.3 is 28.4 Å². The molecule has 1 aliphatic rings. The molecule has 0 N–H and O–H groups in total. The van der Waals surface area contributed by atoms with Crippen LogP contribution < -0.4 is 0 Å². The molecule has 9 nitrogen and oxygen atoms in total. The summed E-state index contributed by atoms with van der Waals surface area (Å²) in [7, 11) is 1.38. The maximum absolute atomic E-state index is 12.2. The molecule has 0 radical (unpaired) electrons. The first-order chi connectivity index (χ1) is 18.4. The highest BCUT2D eigenvalue weighted by Gasteiger charge is 2.54. The Balaban J connectivity index is 2.09. The van der Waals surface area contributed by atoms with E-state index in [1.165, 1.54) is 27.9 Å². The monoisotopic (exact) mass is 542 g/mol. The van der Waals surface area contributed by atoms with Crippen molar-refractivity contribution in [2.24, 2.45) is 5.41 Å². The van der Waals surface area contributed by atoms with Crippen LogP contribution in [0.1, 0.15) is 52.7 Å². The third-order valence-corrected chi connectivity index (χ3v) is 6.61. The Bertz CT molecular complexity index is 1070. The van der Waals surface area contributed by atoms with Gasteiger partial charge in [-0.05, 0) is 16.5 Å². The van der Waals surface area contributed by atoms with Crippen LogP contribution in [0.4, 0.5) is 0 Å². The smallest absolute Gasteiger partial charge is 0.303 e. The highest BCUT2D eigenvalue weighted by molar-refractivity contribution is 5.68. The Labute approximate surface area is 229 Å². The molecule has 1 aliphatic heterocycles. The molecule has 3 rings (SSSR count). The minimum absolute atomic E-state index is 0.0799. The molecular weight excluding hydrogens is 504 g/mol. The van der Waals surface area contributed by atoms with Gasteiger partial charge in [0.25, 0.3) is 0 Å². The van der Waals surface area contributed by atoms with Crippen molar-refractivity contribution in [3.05, 3.63) is 71.8 Å². The van der Waals surface area contributed by atoms with Crippen LogP contribution in [0.15, 0.2) is 60.7 Å². The van der Waals surface area contributed by atoms with Gasteiger partial charge in [-0.15, -0.1) is 0 Å². The zero-order chi connectivity index (χ0) is 28.8. The van der Waals surface area contributed by atoms with Crippen LogP contribution in [-0.2, 0) is 48.4 Å². The fourth-order valence-corrected chi connectivity index (χ4v) is 5.15. The molecule has 0 bridgehead atoms. The van der Waals surface area contributed by atoms with Gasteiger partial charge in [-0.1, -0.05) is 81.4 Å². The predicted octanol–water partition coefficient (Wildman–Crippen LogP) is 4.16. The molecular formula is C30H38O9. The van der Waals surface area contributed by atoms with Crippen molar-refractivity contribution >= 4 is 17.9 Å². The minimum Gasteiger partial charge on any atom is -0.456 e. The summed E-state index contributed by atoms with van der Waals surface area (Å²) in [5, 5.41) is 0. The Morgan fingerprint density at radius 2 is 1.15 bits per heavy atom. The molecule has 0 amide bonds. The first kappa shape index (κ1) is 30.3. The zero-order valence-electron chi connectivity index (χ0n) is 23.5. The van der Waals surface area contributed by atoms with Crippen molar-refractivity contribution in [3.8, 4) is 0 Å². The molecule has 0 spiro atoms. The number of rotatable bonds is 9. The molecule has 9 heteroatoms. The molecule has 39 heavy (non-hydrogen) atoms. The predicted molar refractivity (Wildman–Crippen MR) is 141 cm³/mol. The summed E-state index contributed by atoms with van der Waals surface area (Å²) in [5.74, 6) is -1.92. The van der Waals surface area contributed by atoms with Crippen LogP contribution in [-0.4, -0.2) is 62.3 Å². The summed E-state index contributed by atoms with van der Waals surface area (Å²) in [5.41, 5.74) is 0.422. The van der Waals surface area contributed by atoms with Crippen LogP contribution in [0.25, 0.3) is 0 Å². The van der Waals surface area contributed by atoms with Crippen molar-refractivity contribution in [2.75, 3.05) is 13.7 Å². The minimum atomic E-state index is -1.19. The number of esters is 3. The second-order valence-corrected chi connectivity index (χ2v) is 10.5. The van der Waals surface area contributed by atoms with Crippen molar-refractivity contribution in [1.29, 1.82) is 0 Å². The average molecular weight is 543 g/mol. The maximum atomic E-state index is 12.2. The third kappa shape index (κ3) is 6.84. The van der Waals surface area contributed by atoms with E-state index in [1.54, 1.807) is 0 Å². The van der Waals surface area contributed by atoms with Gasteiger partial charge in [0.2, 0.25) is 0 Å². The van der Waals surface area contributed by atoms with E-state index in [9.17, 15) is 14.4 Å². The summed E-state index contributed by atoms with van der Waals surface area (Å²) in [4.78, 5) is 36.1. The van der Waals surface area contributed by atoms with Crippen LogP contribution in [0, 0.1) is 5.41 Å². The molecule has 212 valence electrons. The lowest BCUT2D eigenvalue weighted by molar-refractivity contribution is -0.308. The molecule has 0 unspecified atom stereocenters. The lowest BCUT2D eigenvalue weighted by Crippen LogP contribution is -2.63. The Kier molecular flexibility index (Phi) is 9.88. The normalized spacial score (nSPS) is 23.5. The maximum Gasteiger partial charge on any atom is 0.303 e. The molecule has 1 saturated heterocycles. The van der Waals surface area contributed by atoms with Gasteiger partial charge in [-0.2, -0.15) is 0 Å². The van der Waals surface area contributed by atoms with E-state index in [2.05, 4.69) is 20.8 Å². The number of ether oxygens (including phenoxy) is 6. The molecule has 1 heterocycles. The standard InChI is InChI=1S/C30H38O9/c1-19(31)36-25-24(39-28(34-7)27(38-21(3)33)26(25)37-20(2)32)18-35-30(29(4,5)6,22-14-10-8-11-15-22)23-16-12-9-13-17-23/h8-17,24-28H,18H2,1-7H3/t24-,25+,26+,27-,28+/m1/s1. The van der Waals surface area contributed by atoms with Crippen LogP contribution >= 0.6 is 0 Å². The molecule has 2 aromatic rings. The fourth-order valence-electron chi connectivity index (χ4n) is 5.15. The van der Waals surface area contributed by atoms with E-state index in [1.807, 2.05) is 60.7 Å².